The van der Waals surface area contributed by atoms with E-state index in [1.807, 2.05) is 25.4 Å². The van der Waals surface area contributed by atoms with Crippen LogP contribution in [0.4, 0.5) is 0 Å². The lowest BCUT2D eigenvalue weighted by Gasteiger charge is -2.01. The van der Waals surface area contributed by atoms with Gasteiger partial charge >= 0.3 is 0 Å². The van der Waals surface area contributed by atoms with Crippen molar-refractivity contribution in [3.05, 3.63) is 29.4 Å². The molecule has 0 aliphatic carbocycles. The van der Waals surface area contributed by atoms with Gasteiger partial charge in [0.05, 0.1) is 0 Å². The molecular formula is C9H10N2S. The normalized spacial score (nSPS) is 13.5. The van der Waals surface area contributed by atoms with Gasteiger partial charge in [0.2, 0.25) is 0 Å². The summed E-state index contributed by atoms with van der Waals surface area (Å²) in [4.78, 5) is 4.08. The van der Waals surface area contributed by atoms with E-state index in [9.17, 15) is 0 Å². The van der Waals surface area contributed by atoms with E-state index < -0.39 is 0 Å². The molecule has 0 aromatic carbocycles. The molecule has 0 spiro atoms. The second-order valence-electron chi connectivity index (χ2n) is 2.85. The lowest BCUT2D eigenvalue weighted by molar-refractivity contribution is 0.830. The van der Waals surface area contributed by atoms with E-state index in [1.165, 1.54) is 15.6 Å². The number of aromatic nitrogens is 1. The smallest absolute Gasteiger partial charge is 0.0376 e. The minimum atomic E-state index is 0.1000. The molecular weight excluding hydrogens is 168 g/mol. The number of hydrogen-bond donors (Lipinski definition) is 1. The number of nitrogens with two attached hydrogens (primary N) is 1. The van der Waals surface area contributed by atoms with Gasteiger partial charge in [-0.15, -0.1) is 11.3 Å². The SMILES string of the molecule is CC(N)c1csc2ccncc12. The lowest BCUT2D eigenvalue weighted by Crippen LogP contribution is -2.03. The van der Waals surface area contributed by atoms with Crippen LogP contribution < -0.4 is 5.73 Å². The van der Waals surface area contributed by atoms with Crippen molar-refractivity contribution < 1.29 is 0 Å². The molecule has 0 fully saturated rings. The molecule has 2 rings (SSSR count). The summed E-state index contributed by atoms with van der Waals surface area (Å²) in [6.07, 6.45) is 3.69. The van der Waals surface area contributed by atoms with Crippen molar-refractivity contribution in [2.45, 2.75) is 13.0 Å². The second-order valence-corrected chi connectivity index (χ2v) is 3.76. The van der Waals surface area contributed by atoms with Crippen LogP contribution in [-0.2, 0) is 0 Å². The van der Waals surface area contributed by atoms with E-state index >= 15 is 0 Å². The third-order valence-electron chi connectivity index (χ3n) is 1.90. The van der Waals surface area contributed by atoms with Crippen LogP contribution in [0.1, 0.15) is 18.5 Å². The number of rotatable bonds is 1. The standard InChI is InChI=1S/C9H10N2S/c1-6(10)8-5-12-9-2-3-11-4-7(8)9/h2-6H,10H2,1H3. The van der Waals surface area contributed by atoms with Crippen molar-refractivity contribution in [3.8, 4) is 0 Å². The van der Waals surface area contributed by atoms with Crippen molar-refractivity contribution >= 4 is 21.4 Å². The number of fused-ring (bicyclic) bond motifs is 1. The Bertz CT molecular complexity index is 392. The van der Waals surface area contributed by atoms with Crippen molar-refractivity contribution in [3.63, 3.8) is 0 Å². The molecule has 1 unspecified atom stereocenters. The predicted octanol–water partition coefficient (Wildman–Crippen LogP) is 2.32. The molecule has 0 saturated carbocycles. The highest BCUT2D eigenvalue weighted by atomic mass is 32.1. The maximum Gasteiger partial charge on any atom is 0.0376 e. The first-order chi connectivity index (χ1) is 5.79. The van der Waals surface area contributed by atoms with Gasteiger partial charge in [-0.3, -0.25) is 4.98 Å². The van der Waals surface area contributed by atoms with E-state index in [1.54, 1.807) is 11.3 Å². The number of nitrogens with zero attached hydrogens (tertiary/aromatic N) is 1. The van der Waals surface area contributed by atoms with Crippen LogP contribution in [0.3, 0.4) is 0 Å². The van der Waals surface area contributed by atoms with E-state index in [0.717, 1.165) is 0 Å². The van der Waals surface area contributed by atoms with Gasteiger partial charge in [-0.05, 0) is 23.9 Å². The Morgan fingerprint density at radius 3 is 3.17 bits per heavy atom. The van der Waals surface area contributed by atoms with Gasteiger partial charge in [0.25, 0.3) is 0 Å². The largest absolute Gasteiger partial charge is 0.324 e. The van der Waals surface area contributed by atoms with Crippen molar-refractivity contribution in [2.75, 3.05) is 0 Å². The fraction of sp³-hybridized carbons (Fsp3) is 0.222. The first-order valence-corrected chi connectivity index (χ1v) is 4.73. The highest BCUT2D eigenvalue weighted by Crippen LogP contribution is 2.27. The summed E-state index contributed by atoms with van der Waals surface area (Å²) in [5, 5.41) is 3.30. The fourth-order valence-corrected chi connectivity index (χ4v) is 2.28. The van der Waals surface area contributed by atoms with Gasteiger partial charge in [-0.2, -0.15) is 0 Å². The van der Waals surface area contributed by atoms with Crippen LogP contribution in [0.5, 0.6) is 0 Å². The van der Waals surface area contributed by atoms with E-state index in [-0.39, 0.29) is 6.04 Å². The molecule has 62 valence electrons. The Balaban J connectivity index is 2.70. The molecule has 2 heterocycles. The Morgan fingerprint density at radius 2 is 2.42 bits per heavy atom. The minimum absolute atomic E-state index is 0.1000. The van der Waals surface area contributed by atoms with Crippen LogP contribution in [0.25, 0.3) is 10.1 Å². The van der Waals surface area contributed by atoms with Crippen LogP contribution in [0.15, 0.2) is 23.8 Å². The van der Waals surface area contributed by atoms with Gasteiger partial charge in [-0.25, -0.2) is 0 Å². The molecule has 2 aromatic rings. The topological polar surface area (TPSA) is 38.9 Å². The molecule has 12 heavy (non-hydrogen) atoms. The van der Waals surface area contributed by atoms with E-state index in [2.05, 4.69) is 10.4 Å². The average Bonchev–Trinajstić information content (AvgIpc) is 2.47. The van der Waals surface area contributed by atoms with Crippen LogP contribution in [0.2, 0.25) is 0 Å². The van der Waals surface area contributed by atoms with Gasteiger partial charge in [0.15, 0.2) is 0 Å². The molecule has 0 saturated heterocycles. The second kappa shape index (κ2) is 2.84. The zero-order valence-corrected chi connectivity index (χ0v) is 7.64. The predicted molar refractivity (Wildman–Crippen MR) is 52.2 cm³/mol. The zero-order chi connectivity index (χ0) is 8.55. The van der Waals surface area contributed by atoms with Gasteiger partial charge < -0.3 is 5.73 Å². The summed E-state index contributed by atoms with van der Waals surface area (Å²) in [5.74, 6) is 0. The van der Waals surface area contributed by atoms with Crippen LogP contribution in [0, 0.1) is 0 Å². The van der Waals surface area contributed by atoms with Gasteiger partial charge in [-0.1, -0.05) is 0 Å². The molecule has 0 amide bonds. The number of thiophene rings is 1. The first kappa shape index (κ1) is 7.71. The van der Waals surface area contributed by atoms with Gasteiger partial charge in [0, 0.05) is 28.5 Å². The summed E-state index contributed by atoms with van der Waals surface area (Å²) >= 11 is 1.72. The highest BCUT2D eigenvalue weighted by molar-refractivity contribution is 7.17. The Hall–Kier alpha value is -0.930. The summed E-state index contributed by atoms with van der Waals surface area (Å²) in [5.41, 5.74) is 7.00. The molecule has 1 atom stereocenters. The van der Waals surface area contributed by atoms with Crippen molar-refractivity contribution in [1.29, 1.82) is 0 Å². The van der Waals surface area contributed by atoms with Gasteiger partial charge in [0.1, 0.15) is 0 Å². The molecule has 2 N–H and O–H groups in total. The fourth-order valence-electron chi connectivity index (χ4n) is 1.24. The Labute approximate surface area is 75.0 Å². The highest BCUT2D eigenvalue weighted by Gasteiger charge is 2.06. The quantitative estimate of drug-likeness (QED) is 0.727. The third kappa shape index (κ3) is 1.11. The summed E-state index contributed by atoms with van der Waals surface area (Å²) in [6.45, 7) is 1.99. The number of hydrogen-bond acceptors (Lipinski definition) is 3. The van der Waals surface area contributed by atoms with E-state index in [4.69, 9.17) is 5.73 Å². The molecule has 0 bridgehead atoms. The molecule has 0 radical (unpaired) electrons. The Kier molecular flexibility index (Phi) is 1.83. The van der Waals surface area contributed by atoms with E-state index in [0.29, 0.717) is 0 Å². The first-order valence-electron chi connectivity index (χ1n) is 3.85. The monoisotopic (exact) mass is 178 g/mol. The average molecular weight is 178 g/mol. The van der Waals surface area contributed by atoms with Crippen molar-refractivity contribution in [2.24, 2.45) is 5.73 Å². The number of pyridine rings is 1. The molecule has 0 aliphatic rings. The maximum atomic E-state index is 5.80. The molecule has 0 aliphatic heterocycles. The molecule has 2 aromatic heterocycles. The van der Waals surface area contributed by atoms with Crippen molar-refractivity contribution in [1.82, 2.24) is 4.98 Å². The third-order valence-corrected chi connectivity index (χ3v) is 2.88. The molecule has 2 nitrogen and oxygen atoms in total. The lowest BCUT2D eigenvalue weighted by atomic mass is 10.1. The summed E-state index contributed by atoms with van der Waals surface area (Å²) in [7, 11) is 0. The maximum absolute atomic E-state index is 5.80. The Morgan fingerprint density at radius 1 is 1.58 bits per heavy atom. The minimum Gasteiger partial charge on any atom is -0.324 e. The van der Waals surface area contributed by atoms with Crippen LogP contribution >= 0.6 is 11.3 Å². The van der Waals surface area contributed by atoms with Crippen LogP contribution in [-0.4, -0.2) is 4.98 Å². The molecule has 3 heteroatoms. The zero-order valence-electron chi connectivity index (χ0n) is 6.82. The summed E-state index contributed by atoms with van der Waals surface area (Å²) < 4.78 is 1.26. The summed E-state index contributed by atoms with van der Waals surface area (Å²) in [6, 6.07) is 2.12.